The highest BCUT2D eigenvalue weighted by atomic mass is 35.5. The maximum atomic E-state index is 14.4. The van der Waals surface area contributed by atoms with E-state index in [4.69, 9.17) is 25.8 Å². The lowest BCUT2D eigenvalue weighted by atomic mass is 10.2. The Morgan fingerprint density at radius 3 is 2.62 bits per heavy atom. The molecule has 0 aliphatic carbocycles. The first kappa shape index (κ1) is 17.1. The molecule has 6 nitrogen and oxygen atoms in total. The van der Waals surface area contributed by atoms with Crippen molar-refractivity contribution in [3.63, 3.8) is 0 Å². The second-order valence-corrected chi connectivity index (χ2v) is 6.94. The van der Waals surface area contributed by atoms with Crippen molar-refractivity contribution < 1.29 is 18.6 Å². The highest BCUT2D eigenvalue weighted by Crippen LogP contribution is 2.31. The van der Waals surface area contributed by atoms with Gasteiger partial charge >= 0.3 is 6.01 Å². The van der Waals surface area contributed by atoms with Crippen molar-refractivity contribution in [3.8, 4) is 11.9 Å². The normalized spacial score (nSPS) is 16.4. The molecule has 0 unspecified atom stereocenters. The van der Waals surface area contributed by atoms with Crippen LogP contribution in [-0.2, 0) is 4.74 Å². The van der Waals surface area contributed by atoms with Crippen LogP contribution in [0, 0.1) is 5.82 Å². The molecule has 3 rings (SSSR count). The van der Waals surface area contributed by atoms with Crippen LogP contribution in [0.5, 0.6) is 11.9 Å². The number of aromatic nitrogens is 3. The van der Waals surface area contributed by atoms with Crippen molar-refractivity contribution in [3.05, 3.63) is 17.2 Å². The lowest BCUT2D eigenvalue weighted by Crippen LogP contribution is -2.27. The summed E-state index contributed by atoms with van der Waals surface area (Å²) in [7, 11) is 0. The number of hydrogen-bond donors (Lipinski definition) is 0. The van der Waals surface area contributed by atoms with Gasteiger partial charge in [-0.05, 0) is 20.8 Å². The molecule has 0 saturated carbocycles. The topological polar surface area (TPSA) is 66.4 Å². The van der Waals surface area contributed by atoms with Gasteiger partial charge in [0.25, 0.3) is 0 Å². The zero-order chi connectivity index (χ0) is 17.3. The quantitative estimate of drug-likeness (QED) is 0.784. The number of fused-ring (bicyclic) bond motifs is 1. The highest BCUT2D eigenvalue weighted by Gasteiger charge is 2.23. The summed E-state index contributed by atoms with van der Waals surface area (Å²) in [6.07, 6.45) is 2.80. The smallest absolute Gasteiger partial charge is 0.320 e. The number of halogens is 2. The minimum atomic E-state index is -0.716. The fourth-order valence-corrected chi connectivity index (χ4v) is 2.49. The van der Waals surface area contributed by atoms with E-state index >= 15 is 0 Å². The van der Waals surface area contributed by atoms with Gasteiger partial charge in [-0.15, -0.1) is 0 Å². The van der Waals surface area contributed by atoms with Crippen molar-refractivity contribution in [1.82, 2.24) is 15.0 Å². The Kier molecular flexibility index (Phi) is 4.73. The van der Waals surface area contributed by atoms with Crippen molar-refractivity contribution in [2.24, 2.45) is 0 Å². The third-order valence-corrected chi connectivity index (χ3v) is 3.69. The number of ether oxygens (including phenoxy) is 3. The Hall–Kier alpha value is -1.73. The first-order valence-electron chi connectivity index (χ1n) is 7.78. The monoisotopic (exact) mass is 355 g/mol. The van der Waals surface area contributed by atoms with Gasteiger partial charge < -0.3 is 14.2 Å². The molecule has 2 aromatic rings. The Morgan fingerprint density at radius 2 is 1.96 bits per heavy atom. The molecule has 1 fully saturated rings. The summed E-state index contributed by atoms with van der Waals surface area (Å²) >= 11 is 5.77. The Labute approximate surface area is 144 Å². The molecule has 24 heavy (non-hydrogen) atoms. The van der Waals surface area contributed by atoms with Gasteiger partial charge in [0.1, 0.15) is 17.2 Å². The number of nitrogens with zero attached hydrogens (tertiary/aromatic N) is 3. The predicted octanol–water partition coefficient (Wildman–Crippen LogP) is 3.55. The summed E-state index contributed by atoms with van der Waals surface area (Å²) in [5.74, 6) is -0.496. The van der Waals surface area contributed by atoms with Crippen molar-refractivity contribution in [1.29, 1.82) is 0 Å². The average molecular weight is 356 g/mol. The van der Waals surface area contributed by atoms with Gasteiger partial charge in [0.05, 0.1) is 18.6 Å². The molecule has 3 heterocycles. The number of pyridine rings is 1. The zero-order valence-corrected chi connectivity index (χ0v) is 14.6. The molecule has 2 aromatic heterocycles. The summed E-state index contributed by atoms with van der Waals surface area (Å²) in [6.45, 7) is 6.86. The van der Waals surface area contributed by atoms with Crippen molar-refractivity contribution in [2.75, 3.05) is 13.2 Å². The van der Waals surface area contributed by atoms with Gasteiger partial charge in [-0.2, -0.15) is 9.97 Å². The van der Waals surface area contributed by atoms with E-state index < -0.39 is 11.4 Å². The summed E-state index contributed by atoms with van der Waals surface area (Å²) in [4.78, 5) is 12.3. The lowest BCUT2D eigenvalue weighted by Gasteiger charge is -2.24. The van der Waals surface area contributed by atoms with E-state index in [1.165, 1.54) is 6.20 Å². The Morgan fingerprint density at radius 1 is 1.25 bits per heavy atom. The molecule has 0 radical (unpaired) electrons. The van der Waals surface area contributed by atoms with Gasteiger partial charge in [0.15, 0.2) is 11.0 Å². The van der Waals surface area contributed by atoms with Crippen LogP contribution >= 0.6 is 11.6 Å². The largest absolute Gasteiger partial charge is 0.471 e. The molecule has 0 bridgehead atoms. The maximum Gasteiger partial charge on any atom is 0.320 e. The fraction of sp³-hybridized carbons (Fsp3) is 0.562. The van der Waals surface area contributed by atoms with E-state index in [0.717, 1.165) is 12.8 Å². The van der Waals surface area contributed by atoms with Crippen molar-refractivity contribution in [2.45, 2.75) is 45.3 Å². The van der Waals surface area contributed by atoms with E-state index in [1.807, 2.05) is 20.8 Å². The van der Waals surface area contributed by atoms with E-state index in [-0.39, 0.29) is 28.7 Å². The maximum absolute atomic E-state index is 14.4. The van der Waals surface area contributed by atoms with Crippen LogP contribution in [0.3, 0.4) is 0 Å². The highest BCUT2D eigenvalue weighted by molar-refractivity contribution is 6.30. The first-order valence-corrected chi connectivity index (χ1v) is 8.16. The third kappa shape index (κ3) is 3.84. The summed E-state index contributed by atoms with van der Waals surface area (Å²) < 4.78 is 31.3. The fourth-order valence-electron chi connectivity index (χ4n) is 2.35. The van der Waals surface area contributed by atoms with Crippen LogP contribution in [0.2, 0.25) is 5.15 Å². The van der Waals surface area contributed by atoms with E-state index in [9.17, 15) is 4.39 Å². The number of rotatable bonds is 3. The molecular formula is C16H19ClFN3O3. The van der Waals surface area contributed by atoms with Gasteiger partial charge in [0, 0.05) is 19.0 Å². The molecule has 8 heteroatoms. The molecule has 0 atom stereocenters. The van der Waals surface area contributed by atoms with Crippen LogP contribution in [-0.4, -0.2) is 39.9 Å². The second kappa shape index (κ2) is 6.64. The standard InChI is InChI=1S/C16H19ClFN3O3/c1-16(2,3)24-14-10-8-19-13(17)11(18)12(10)20-15(21-14)23-9-4-6-22-7-5-9/h8-9H,4-7H2,1-3H3. The minimum absolute atomic E-state index is 0.0336. The number of hydrogen-bond acceptors (Lipinski definition) is 6. The molecule has 0 N–H and O–H groups in total. The van der Waals surface area contributed by atoms with Crippen LogP contribution in [0.1, 0.15) is 33.6 Å². The SMILES string of the molecule is CC(C)(C)Oc1nc(OC2CCOCC2)nc2c(F)c(Cl)ncc12. The molecular weight excluding hydrogens is 337 g/mol. The average Bonchev–Trinajstić information content (AvgIpc) is 2.51. The molecule has 0 spiro atoms. The van der Waals surface area contributed by atoms with E-state index in [2.05, 4.69) is 15.0 Å². The molecule has 0 aromatic carbocycles. The zero-order valence-electron chi connectivity index (χ0n) is 13.8. The molecule has 1 saturated heterocycles. The second-order valence-electron chi connectivity index (χ2n) is 6.58. The van der Waals surface area contributed by atoms with E-state index in [1.54, 1.807) is 0 Å². The molecule has 0 amide bonds. The summed E-state index contributed by atoms with van der Waals surface area (Å²) in [6, 6.07) is 0.0646. The minimum Gasteiger partial charge on any atom is -0.471 e. The molecule has 130 valence electrons. The van der Waals surface area contributed by atoms with Gasteiger partial charge in [-0.25, -0.2) is 9.37 Å². The first-order chi connectivity index (χ1) is 11.3. The van der Waals surface area contributed by atoms with Gasteiger partial charge in [0.2, 0.25) is 5.88 Å². The van der Waals surface area contributed by atoms with Gasteiger partial charge in [-0.1, -0.05) is 11.6 Å². The third-order valence-electron chi connectivity index (χ3n) is 3.43. The van der Waals surface area contributed by atoms with Gasteiger partial charge in [-0.3, -0.25) is 0 Å². The lowest BCUT2D eigenvalue weighted by molar-refractivity contribution is 0.0212. The molecule has 1 aliphatic heterocycles. The van der Waals surface area contributed by atoms with Crippen LogP contribution in [0.4, 0.5) is 4.39 Å². The Balaban J connectivity index is 2.03. The van der Waals surface area contributed by atoms with Crippen molar-refractivity contribution >= 4 is 22.5 Å². The summed E-state index contributed by atoms with van der Waals surface area (Å²) in [5.41, 5.74) is -0.487. The Bertz CT molecular complexity index is 745. The summed E-state index contributed by atoms with van der Waals surface area (Å²) in [5, 5.41) is 0.103. The van der Waals surface area contributed by atoms with Crippen LogP contribution in [0.15, 0.2) is 6.20 Å². The molecule has 1 aliphatic rings. The van der Waals surface area contributed by atoms with Crippen LogP contribution < -0.4 is 9.47 Å². The predicted molar refractivity (Wildman–Crippen MR) is 87.2 cm³/mol. The van der Waals surface area contributed by atoms with E-state index in [0.29, 0.717) is 18.6 Å². The van der Waals surface area contributed by atoms with Crippen LogP contribution in [0.25, 0.3) is 10.9 Å².